The second-order valence-corrected chi connectivity index (χ2v) is 7.77. The summed E-state index contributed by atoms with van der Waals surface area (Å²) < 4.78 is 17.7. The minimum Gasteiger partial charge on any atom is -0.489 e. The summed E-state index contributed by atoms with van der Waals surface area (Å²) in [6.07, 6.45) is 1.65. The molecule has 3 aromatic carbocycles. The normalized spacial score (nSPS) is 11.9. The van der Waals surface area contributed by atoms with Gasteiger partial charge in [0.05, 0.1) is 6.20 Å². The number of hydrogen-bond acceptors (Lipinski definition) is 6. The van der Waals surface area contributed by atoms with Gasteiger partial charge in [0, 0.05) is 12.1 Å². The number of ether oxygens (including phenoxy) is 2. The average molecular weight is 437 g/mol. The Bertz CT molecular complexity index is 1360. The number of fused-ring (bicyclic) bond motifs is 1. The predicted octanol–water partition coefficient (Wildman–Crippen LogP) is 6.28. The molecule has 0 saturated carbocycles. The van der Waals surface area contributed by atoms with Crippen LogP contribution in [-0.2, 0) is 6.61 Å². The van der Waals surface area contributed by atoms with E-state index < -0.39 is 0 Å². The summed E-state index contributed by atoms with van der Waals surface area (Å²) in [6, 6.07) is 26.9. The Kier molecular flexibility index (Phi) is 5.74. The van der Waals surface area contributed by atoms with Crippen LogP contribution >= 0.6 is 0 Å². The Hall–Kier alpha value is -4.16. The number of benzene rings is 3. The van der Waals surface area contributed by atoms with Gasteiger partial charge in [-0.3, -0.25) is 0 Å². The molecular weight excluding hydrogens is 414 g/mol. The van der Waals surface area contributed by atoms with Gasteiger partial charge in [0.25, 0.3) is 0 Å². The zero-order chi connectivity index (χ0) is 22.6. The molecule has 5 rings (SSSR count). The first-order valence-electron chi connectivity index (χ1n) is 10.7. The molecule has 2 aromatic heterocycles. The number of aromatic nitrogens is 2. The molecule has 0 amide bonds. The summed E-state index contributed by atoms with van der Waals surface area (Å²) in [5, 5.41) is 0. The van der Waals surface area contributed by atoms with Crippen LogP contribution in [-0.4, -0.2) is 9.97 Å². The van der Waals surface area contributed by atoms with Crippen molar-refractivity contribution >= 4 is 11.1 Å². The summed E-state index contributed by atoms with van der Waals surface area (Å²) in [4.78, 5) is 8.99. The third-order valence-corrected chi connectivity index (χ3v) is 5.18. The van der Waals surface area contributed by atoms with E-state index in [1.54, 1.807) is 6.20 Å². The van der Waals surface area contributed by atoms with E-state index in [1.807, 2.05) is 91.9 Å². The Balaban J connectivity index is 1.28. The summed E-state index contributed by atoms with van der Waals surface area (Å²) >= 11 is 0. The molecular formula is C27H23N3O3. The monoisotopic (exact) mass is 437 g/mol. The van der Waals surface area contributed by atoms with Crippen LogP contribution < -0.4 is 15.2 Å². The van der Waals surface area contributed by atoms with Crippen LogP contribution in [0.4, 0.5) is 0 Å². The largest absolute Gasteiger partial charge is 0.489 e. The van der Waals surface area contributed by atoms with Gasteiger partial charge in [-0.05, 0) is 54.4 Å². The van der Waals surface area contributed by atoms with E-state index in [-0.39, 0.29) is 6.04 Å². The number of rotatable bonds is 7. The zero-order valence-corrected chi connectivity index (χ0v) is 18.1. The molecule has 33 heavy (non-hydrogen) atoms. The van der Waals surface area contributed by atoms with Crippen LogP contribution in [0.2, 0.25) is 0 Å². The summed E-state index contributed by atoms with van der Waals surface area (Å²) in [5.74, 6) is 2.46. The molecule has 0 saturated heterocycles. The van der Waals surface area contributed by atoms with E-state index in [1.165, 1.54) is 0 Å². The molecule has 0 aliphatic rings. The molecule has 5 aromatic rings. The fourth-order valence-corrected chi connectivity index (χ4v) is 3.41. The lowest BCUT2D eigenvalue weighted by molar-refractivity contribution is 0.304. The van der Waals surface area contributed by atoms with E-state index >= 15 is 0 Å². The van der Waals surface area contributed by atoms with Crippen LogP contribution in [0, 0.1) is 0 Å². The molecule has 6 nitrogen and oxygen atoms in total. The summed E-state index contributed by atoms with van der Waals surface area (Å²) in [6.45, 7) is 2.43. The van der Waals surface area contributed by atoms with Gasteiger partial charge in [-0.2, -0.15) is 0 Å². The van der Waals surface area contributed by atoms with Gasteiger partial charge in [0.15, 0.2) is 5.58 Å². The van der Waals surface area contributed by atoms with Crippen molar-refractivity contribution in [1.29, 1.82) is 0 Å². The molecule has 0 aliphatic heterocycles. The SMILES string of the molecule is C[C@H](N)c1ccc2nc(-c3ccc(Oc4cccc(OCc5ccccc5)c4)cn3)oc2c1. The molecule has 0 bridgehead atoms. The van der Waals surface area contributed by atoms with Crippen LogP contribution in [0.5, 0.6) is 17.2 Å². The van der Waals surface area contributed by atoms with E-state index in [9.17, 15) is 0 Å². The van der Waals surface area contributed by atoms with Gasteiger partial charge >= 0.3 is 0 Å². The maximum absolute atomic E-state index is 5.96. The molecule has 2 heterocycles. The Morgan fingerprint density at radius 3 is 2.52 bits per heavy atom. The first kappa shape index (κ1) is 20.7. The number of oxazole rings is 1. The molecule has 0 unspecified atom stereocenters. The standard InChI is InChI=1S/C27H23N3O3/c1-18(28)20-10-12-24-26(14-20)33-27(30-24)25-13-11-23(16-29-25)32-22-9-5-8-21(15-22)31-17-19-6-3-2-4-7-19/h2-16,18H,17,28H2,1H3/t18-/m0/s1. The molecule has 0 fully saturated rings. The second kappa shape index (κ2) is 9.14. The number of nitrogens with zero attached hydrogens (tertiary/aromatic N) is 2. The minimum atomic E-state index is -0.0697. The van der Waals surface area contributed by atoms with Crippen molar-refractivity contribution in [2.24, 2.45) is 5.73 Å². The number of hydrogen-bond donors (Lipinski definition) is 1. The van der Waals surface area contributed by atoms with Crippen molar-refractivity contribution in [2.45, 2.75) is 19.6 Å². The molecule has 0 spiro atoms. The smallest absolute Gasteiger partial charge is 0.246 e. The highest BCUT2D eigenvalue weighted by Gasteiger charge is 2.12. The molecule has 6 heteroatoms. The maximum Gasteiger partial charge on any atom is 0.246 e. The van der Waals surface area contributed by atoms with Gasteiger partial charge < -0.3 is 19.6 Å². The van der Waals surface area contributed by atoms with Crippen LogP contribution in [0.3, 0.4) is 0 Å². The molecule has 1 atom stereocenters. The molecule has 2 N–H and O–H groups in total. The Morgan fingerprint density at radius 1 is 0.879 bits per heavy atom. The van der Waals surface area contributed by atoms with Gasteiger partial charge in [0.2, 0.25) is 5.89 Å². The fourth-order valence-electron chi connectivity index (χ4n) is 3.41. The predicted molar refractivity (Wildman–Crippen MR) is 127 cm³/mol. The van der Waals surface area contributed by atoms with Crippen LogP contribution in [0.25, 0.3) is 22.7 Å². The second-order valence-electron chi connectivity index (χ2n) is 7.77. The van der Waals surface area contributed by atoms with Crippen molar-refractivity contribution in [3.05, 3.63) is 102 Å². The topological polar surface area (TPSA) is 83.4 Å². The lowest BCUT2D eigenvalue weighted by Crippen LogP contribution is -2.04. The highest BCUT2D eigenvalue weighted by atomic mass is 16.5. The quantitative estimate of drug-likeness (QED) is 0.323. The first-order chi connectivity index (χ1) is 16.1. The highest BCUT2D eigenvalue weighted by molar-refractivity contribution is 5.76. The molecule has 0 radical (unpaired) electrons. The van der Waals surface area contributed by atoms with E-state index in [4.69, 9.17) is 19.6 Å². The van der Waals surface area contributed by atoms with E-state index in [0.717, 1.165) is 22.4 Å². The van der Waals surface area contributed by atoms with Crippen molar-refractivity contribution in [1.82, 2.24) is 9.97 Å². The fraction of sp³-hybridized carbons (Fsp3) is 0.111. The van der Waals surface area contributed by atoms with Crippen LogP contribution in [0.1, 0.15) is 24.1 Å². The first-order valence-corrected chi connectivity index (χ1v) is 10.7. The highest BCUT2D eigenvalue weighted by Crippen LogP contribution is 2.28. The third-order valence-electron chi connectivity index (χ3n) is 5.18. The Morgan fingerprint density at radius 2 is 1.73 bits per heavy atom. The van der Waals surface area contributed by atoms with E-state index in [0.29, 0.717) is 35.3 Å². The summed E-state index contributed by atoms with van der Waals surface area (Å²) in [5.41, 5.74) is 10.1. The molecule has 164 valence electrons. The Labute approximate surface area is 191 Å². The van der Waals surface area contributed by atoms with Crippen LogP contribution in [0.15, 0.2) is 95.5 Å². The third kappa shape index (κ3) is 4.86. The summed E-state index contributed by atoms with van der Waals surface area (Å²) in [7, 11) is 0. The maximum atomic E-state index is 5.96. The van der Waals surface area contributed by atoms with Gasteiger partial charge in [-0.25, -0.2) is 9.97 Å². The molecule has 0 aliphatic carbocycles. The minimum absolute atomic E-state index is 0.0697. The van der Waals surface area contributed by atoms with Gasteiger partial charge in [-0.15, -0.1) is 0 Å². The van der Waals surface area contributed by atoms with Crippen molar-refractivity contribution in [2.75, 3.05) is 0 Å². The number of nitrogens with two attached hydrogens (primary N) is 1. The van der Waals surface area contributed by atoms with Crippen molar-refractivity contribution < 1.29 is 13.9 Å². The number of pyridine rings is 1. The van der Waals surface area contributed by atoms with E-state index in [2.05, 4.69) is 9.97 Å². The lowest BCUT2D eigenvalue weighted by atomic mass is 10.1. The lowest BCUT2D eigenvalue weighted by Gasteiger charge is -2.09. The van der Waals surface area contributed by atoms with Crippen molar-refractivity contribution in [3.63, 3.8) is 0 Å². The van der Waals surface area contributed by atoms with Crippen molar-refractivity contribution in [3.8, 4) is 28.8 Å². The zero-order valence-electron chi connectivity index (χ0n) is 18.1. The van der Waals surface area contributed by atoms with Gasteiger partial charge in [0.1, 0.15) is 35.1 Å². The average Bonchev–Trinajstić information content (AvgIpc) is 3.28. The van der Waals surface area contributed by atoms with Gasteiger partial charge in [-0.1, -0.05) is 42.5 Å².